The number of amides is 2. The fourth-order valence-corrected chi connectivity index (χ4v) is 3.00. The van der Waals surface area contributed by atoms with E-state index in [1.807, 2.05) is 11.9 Å². The molecule has 0 aromatic heterocycles. The van der Waals surface area contributed by atoms with Crippen molar-refractivity contribution in [3.8, 4) is 0 Å². The average Bonchev–Trinajstić information content (AvgIpc) is 2.84. The molecule has 2 heterocycles. The fraction of sp³-hybridized carbons (Fsp3) is 0.857. The van der Waals surface area contributed by atoms with Crippen LogP contribution >= 0.6 is 0 Å². The predicted molar refractivity (Wildman–Crippen MR) is 77.1 cm³/mol. The summed E-state index contributed by atoms with van der Waals surface area (Å²) in [7, 11) is 1.97. The second-order valence-electron chi connectivity index (χ2n) is 6.00. The number of rotatable bonds is 4. The van der Waals surface area contributed by atoms with Crippen LogP contribution in [0.3, 0.4) is 0 Å². The summed E-state index contributed by atoms with van der Waals surface area (Å²) < 4.78 is 0. The molecule has 0 aromatic rings. The van der Waals surface area contributed by atoms with Gasteiger partial charge in [-0.05, 0) is 33.0 Å². The quantitative estimate of drug-likeness (QED) is 0.744. The van der Waals surface area contributed by atoms with Crippen molar-refractivity contribution >= 4 is 11.8 Å². The lowest BCUT2D eigenvalue weighted by Gasteiger charge is -2.24. The van der Waals surface area contributed by atoms with E-state index in [1.165, 1.54) is 12.8 Å². The Hall–Kier alpha value is -1.14. The third-order valence-corrected chi connectivity index (χ3v) is 4.32. The van der Waals surface area contributed by atoms with Gasteiger partial charge in [0.1, 0.15) is 0 Å². The molecule has 0 aliphatic carbocycles. The smallest absolute Gasteiger partial charge is 0.223 e. The zero-order valence-corrected chi connectivity index (χ0v) is 12.4. The molecule has 1 atom stereocenters. The topological polar surface area (TPSA) is 69.9 Å². The van der Waals surface area contributed by atoms with E-state index in [0.717, 1.165) is 26.2 Å². The molecule has 0 bridgehead atoms. The van der Waals surface area contributed by atoms with E-state index in [1.54, 1.807) is 0 Å². The summed E-state index contributed by atoms with van der Waals surface area (Å²) in [6, 6.07) is 0. The van der Waals surface area contributed by atoms with Crippen molar-refractivity contribution in [3.63, 3.8) is 0 Å². The number of nitrogens with two attached hydrogens (primary N) is 1. The highest BCUT2D eigenvalue weighted by molar-refractivity contribution is 5.80. The van der Waals surface area contributed by atoms with E-state index in [0.29, 0.717) is 26.1 Å². The monoisotopic (exact) mass is 282 g/mol. The second-order valence-corrected chi connectivity index (χ2v) is 6.00. The molecule has 2 aliphatic rings. The molecule has 1 unspecified atom stereocenters. The Labute approximate surface area is 120 Å². The zero-order valence-electron chi connectivity index (χ0n) is 12.4. The minimum atomic E-state index is -0.309. The van der Waals surface area contributed by atoms with E-state index in [9.17, 15) is 9.59 Å². The van der Waals surface area contributed by atoms with Crippen molar-refractivity contribution in [1.82, 2.24) is 14.7 Å². The molecule has 2 N–H and O–H groups in total. The molecule has 6 heteroatoms. The number of primary amides is 1. The number of likely N-dealkylation sites (N-methyl/N-ethyl adjacent to an activating group) is 1. The first-order chi connectivity index (χ1) is 9.56. The van der Waals surface area contributed by atoms with Crippen LogP contribution in [0, 0.1) is 5.92 Å². The Morgan fingerprint density at radius 2 is 1.80 bits per heavy atom. The molecule has 0 radical (unpaired) electrons. The van der Waals surface area contributed by atoms with Crippen molar-refractivity contribution in [1.29, 1.82) is 0 Å². The Morgan fingerprint density at radius 3 is 2.45 bits per heavy atom. The molecule has 2 amide bonds. The minimum Gasteiger partial charge on any atom is -0.369 e. The number of nitrogens with zero attached hydrogens (tertiary/aromatic N) is 3. The molecule has 0 spiro atoms. The van der Waals surface area contributed by atoms with Gasteiger partial charge in [-0.2, -0.15) is 0 Å². The molecule has 2 fully saturated rings. The molecular weight excluding hydrogens is 256 g/mol. The van der Waals surface area contributed by atoms with Gasteiger partial charge in [0.25, 0.3) is 0 Å². The molecule has 20 heavy (non-hydrogen) atoms. The van der Waals surface area contributed by atoms with E-state index in [-0.39, 0.29) is 17.7 Å². The van der Waals surface area contributed by atoms with Crippen molar-refractivity contribution < 1.29 is 9.59 Å². The lowest BCUT2D eigenvalue weighted by Crippen LogP contribution is -2.41. The van der Waals surface area contributed by atoms with Crippen molar-refractivity contribution in [2.24, 2.45) is 11.7 Å². The SMILES string of the molecule is CN1CCN(C(=O)CCN2CCCC2)CC(C(N)=O)C1. The van der Waals surface area contributed by atoms with Gasteiger partial charge in [0.2, 0.25) is 11.8 Å². The summed E-state index contributed by atoms with van der Waals surface area (Å²) in [5.74, 6) is -0.409. The molecule has 6 nitrogen and oxygen atoms in total. The fourth-order valence-electron chi connectivity index (χ4n) is 3.00. The van der Waals surface area contributed by atoms with E-state index in [4.69, 9.17) is 5.73 Å². The van der Waals surface area contributed by atoms with Gasteiger partial charge in [-0.15, -0.1) is 0 Å². The van der Waals surface area contributed by atoms with Crippen LogP contribution in [0.2, 0.25) is 0 Å². The van der Waals surface area contributed by atoms with Crippen LogP contribution in [-0.4, -0.2) is 79.4 Å². The molecule has 2 rings (SSSR count). The molecule has 0 aromatic carbocycles. The van der Waals surface area contributed by atoms with Crippen LogP contribution in [0.25, 0.3) is 0 Å². The van der Waals surface area contributed by atoms with E-state index >= 15 is 0 Å². The average molecular weight is 282 g/mol. The van der Waals surface area contributed by atoms with Gasteiger partial charge in [0.05, 0.1) is 5.92 Å². The van der Waals surface area contributed by atoms with Gasteiger partial charge >= 0.3 is 0 Å². The van der Waals surface area contributed by atoms with Gasteiger partial charge in [-0.1, -0.05) is 0 Å². The van der Waals surface area contributed by atoms with Gasteiger partial charge in [0.15, 0.2) is 0 Å². The number of carbonyl (C=O) groups excluding carboxylic acids is 2. The number of hydrogen-bond donors (Lipinski definition) is 1. The lowest BCUT2D eigenvalue weighted by atomic mass is 10.1. The van der Waals surface area contributed by atoms with E-state index < -0.39 is 0 Å². The highest BCUT2D eigenvalue weighted by Gasteiger charge is 2.27. The molecule has 114 valence electrons. The van der Waals surface area contributed by atoms with Gasteiger partial charge in [-0.3, -0.25) is 9.59 Å². The number of likely N-dealkylation sites (tertiary alicyclic amines) is 1. The van der Waals surface area contributed by atoms with Crippen LogP contribution in [0.1, 0.15) is 19.3 Å². The van der Waals surface area contributed by atoms with Crippen molar-refractivity contribution in [3.05, 3.63) is 0 Å². The predicted octanol–water partition coefficient (Wildman–Crippen LogP) is -0.652. The summed E-state index contributed by atoms with van der Waals surface area (Å²) in [5, 5.41) is 0. The molecule has 2 aliphatic heterocycles. The summed E-state index contributed by atoms with van der Waals surface area (Å²) in [6.07, 6.45) is 3.04. The van der Waals surface area contributed by atoms with Gasteiger partial charge in [0, 0.05) is 39.1 Å². The van der Waals surface area contributed by atoms with Gasteiger partial charge < -0.3 is 20.4 Å². The Kier molecular flexibility index (Phi) is 5.37. The Bertz CT molecular complexity index is 355. The molecule has 2 saturated heterocycles. The zero-order chi connectivity index (χ0) is 14.5. The molecular formula is C14H26N4O2. The van der Waals surface area contributed by atoms with Crippen molar-refractivity contribution in [2.45, 2.75) is 19.3 Å². The maximum absolute atomic E-state index is 12.3. The summed E-state index contributed by atoms with van der Waals surface area (Å²) in [5.41, 5.74) is 5.42. The van der Waals surface area contributed by atoms with Gasteiger partial charge in [-0.25, -0.2) is 0 Å². The Balaban J connectivity index is 1.85. The largest absolute Gasteiger partial charge is 0.369 e. The van der Waals surface area contributed by atoms with Crippen LogP contribution in [0.5, 0.6) is 0 Å². The number of hydrogen-bond acceptors (Lipinski definition) is 4. The molecule has 0 saturated carbocycles. The second kappa shape index (κ2) is 7.04. The van der Waals surface area contributed by atoms with Crippen LogP contribution in [0.4, 0.5) is 0 Å². The lowest BCUT2D eigenvalue weighted by molar-refractivity contribution is -0.132. The van der Waals surface area contributed by atoms with Crippen LogP contribution in [0.15, 0.2) is 0 Å². The minimum absolute atomic E-state index is 0.151. The highest BCUT2D eigenvalue weighted by atomic mass is 16.2. The summed E-state index contributed by atoms with van der Waals surface area (Å²) >= 11 is 0. The first-order valence-electron chi connectivity index (χ1n) is 7.54. The number of carbonyl (C=O) groups is 2. The third-order valence-electron chi connectivity index (χ3n) is 4.32. The van der Waals surface area contributed by atoms with Crippen molar-refractivity contribution in [2.75, 3.05) is 52.9 Å². The van der Waals surface area contributed by atoms with Crippen LogP contribution in [-0.2, 0) is 9.59 Å². The maximum Gasteiger partial charge on any atom is 0.223 e. The summed E-state index contributed by atoms with van der Waals surface area (Å²) in [4.78, 5) is 30.0. The third kappa shape index (κ3) is 4.18. The Morgan fingerprint density at radius 1 is 1.10 bits per heavy atom. The normalized spacial score (nSPS) is 25.6. The van der Waals surface area contributed by atoms with Crippen LogP contribution < -0.4 is 5.73 Å². The summed E-state index contributed by atoms with van der Waals surface area (Å²) in [6.45, 7) is 5.67. The maximum atomic E-state index is 12.3. The first kappa shape index (κ1) is 15.3. The standard InChI is InChI=1S/C14H26N4O2/c1-16-8-9-18(11-12(10-16)14(15)20)13(19)4-7-17-5-2-3-6-17/h12H,2-11H2,1H3,(H2,15,20). The first-order valence-corrected chi connectivity index (χ1v) is 7.54. The highest BCUT2D eigenvalue weighted by Crippen LogP contribution is 2.11. The van der Waals surface area contributed by atoms with E-state index in [2.05, 4.69) is 9.80 Å².